The van der Waals surface area contributed by atoms with Crippen molar-refractivity contribution in [1.29, 1.82) is 0 Å². The van der Waals surface area contributed by atoms with Gasteiger partial charge in [0.15, 0.2) is 5.78 Å². The van der Waals surface area contributed by atoms with Crippen molar-refractivity contribution in [2.24, 2.45) is 0 Å². The molecule has 1 aliphatic heterocycles. The Hall–Kier alpha value is -3.35. The van der Waals surface area contributed by atoms with Crippen LogP contribution < -0.4 is 14.4 Å². The highest BCUT2D eigenvalue weighted by molar-refractivity contribution is 5.96. The average molecular weight is 435 g/mol. The fourth-order valence-corrected chi connectivity index (χ4v) is 3.95. The van der Waals surface area contributed by atoms with Crippen molar-refractivity contribution in [2.75, 3.05) is 18.0 Å². The van der Waals surface area contributed by atoms with Crippen molar-refractivity contribution in [3.8, 4) is 11.6 Å². The second-order valence-corrected chi connectivity index (χ2v) is 8.58. The first-order chi connectivity index (χ1) is 15.5. The molecule has 1 unspecified atom stereocenters. The average Bonchev–Trinajstić information content (AvgIpc) is 3.46. The summed E-state index contributed by atoms with van der Waals surface area (Å²) >= 11 is 0. The van der Waals surface area contributed by atoms with Crippen LogP contribution in [0.3, 0.4) is 0 Å². The van der Waals surface area contributed by atoms with Crippen molar-refractivity contribution in [2.45, 2.75) is 51.7 Å². The number of rotatable bonds is 9. The summed E-state index contributed by atoms with van der Waals surface area (Å²) in [6, 6.07) is 12.1. The Morgan fingerprint density at radius 2 is 2.03 bits per heavy atom. The van der Waals surface area contributed by atoms with Crippen molar-refractivity contribution in [3.05, 3.63) is 66.1 Å². The topological polar surface area (TPSA) is 80.3 Å². The maximum atomic E-state index is 12.3. The normalized spacial score (nSPS) is 16.9. The van der Waals surface area contributed by atoms with Crippen LogP contribution in [0.25, 0.3) is 0 Å². The first-order valence-corrected chi connectivity index (χ1v) is 11.1. The number of Topliss-reactive ketones (excluding diaryl/α,β-unsaturated/α-hetero) is 1. The van der Waals surface area contributed by atoms with Gasteiger partial charge in [0, 0.05) is 43.5 Å². The van der Waals surface area contributed by atoms with Crippen LogP contribution in [0.4, 0.5) is 5.69 Å². The number of ketones is 1. The van der Waals surface area contributed by atoms with E-state index in [1.807, 2.05) is 50.2 Å². The van der Waals surface area contributed by atoms with E-state index in [0.29, 0.717) is 17.9 Å². The zero-order chi connectivity index (χ0) is 22.5. The maximum Gasteiger partial charge on any atom is 0.215 e. The Labute approximate surface area is 188 Å². The molecule has 0 amide bonds. The van der Waals surface area contributed by atoms with E-state index in [0.717, 1.165) is 36.5 Å². The van der Waals surface area contributed by atoms with Crippen molar-refractivity contribution in [3.63, 3.8) is 0 Å². The third-order valence-electron chi connectivity index (χ3n) is 5.65. The highest BCUT2D eigenvalue weighted by Gasteiger charge is 2.25. The van der Waals surface area contributed by atoms with Gasteiger partial charge in [-0.1, -0.05) is 19.1 Å². The molecular formula is C25H30N4O3. The standard InChI is InChI=1S/C25H30N4O3/c1-17(2)31-25-13-21(8-10-26-25)29-11-9-23(16-29)32-22-6-4-19(5-7-22)18(3)12-24(30)20-14-27-28-15-20/h4-8,10,13-15,17-18,23H,9,11-12,16H2,1-3H3,(H,27,28)/t18-,23?/m1/s1. The predicted molar refractivity (Wildman–Crippen MR) is 124 cm³/mol. The molecule has 1 aromatic carbocycles. The largest absolute Gasteiger partial charge is 0.489 e. The van der Waals surface area contributed by atoms with Gasteiger partial charge in [0.05, 0.1) is 24.4 Å². The van der Waals surface area contributed by atoms with Gasteiger partial charge in [-0.15, -0.1) is 0 Å². The predicted octanol–water partition coefficient (Wildman–Crippen LogP) is 4.63. The number of nitrogens with zero attached hydrogens (tertiary/aromatic N) is 3. The SMILES string of the molecule is CC(C)Oc1cc(N2CCC(Oc3ccc([C@H](C)CC(=O)c4cn[nH]c4)cc3)C2)ccn1. The minimum atomic E-state index is 0.0932. The Morgan fingerprint density at radius 3 is 2.75 bits per heavy atom. The molecule has 2 atom stereocenters. The molecule has 0 aliphatic carbocycles. The molecule has 3 heterocycles. The van der Waals surface area contributed by atoms with Crippen LogP contribution in [0.5, 0.6) is 11.6 Å². The number of benzene rings is 1. The zero-order valence-corrected chi connectivity index (χ0v) is 18.8. The van der Waals surface area contributed by atoms with E-state index >= 15 is 0 Å². The van der Waals surface area contributed by atoms with Gasteiger partial charge in [0.25, 0.3) is 0 Å². The van der Waals surface area contributed by atoms with Crippen LogP contribution in [-0.4, -0.2) is 46.3 Å². The fourth-order valence-electron chi connectivity index (χ4n) is 3.95. The molecular weight excluding hydrogens is 404 g/mol. The highest BCUT2D eigenvalue weighted by Crippen LogP contribution is 2.27. The Morgan fingerprint density at radius 1 is 1.22 bits per heavy atom. The van der Waals surface area contributed by atoms with Crippen LogP contribution >= 0.6 is 0 Å². The number of H-pyrrole nitrogens is 1. The second kappa shape index (κ2) is 9.85. The first kappa shape index (κ1) is 21.9. The number of nitrogens with one attached hydrogen (secondary N) is 1. The Bertz CT molecular complexity index is 1020. The second-order valence-electron chi connectivity index (χ2n) is 8.58. The van der Waals surface area contributed by atoms with Gasteiger partial charge in [-0.2, -0.15) is 5.10 Å². The number of carbonyl (C=O) groups excluding carboxylic acids is 1. The minimum absolute atomic E-state index is 0.0932. The minimum Gasteiger partial charge on any atom is -0.489 e. The summed E-state index contributed by atoms with van der Waals surface area (Å²) in [7, 11) is 0. The third kappa shape index (κ3) is 5.46. The summed E-state index contributed by atoms with van der Waals surface area (Å²) in [6.07, 6.45) is 6.64. The first-order valence-electron chi connectivity index (χ1n) is 11.1. The molecule has 1 saturated heterocycles. The van der Waals surface area contributed by atoms with Gasteiger partial charge in [0.1, 0.15) is 11.9 Å². The van der Waals surface area contributed by atoms with Crippen molar-refractivity contribution < 1.29 is 14.3 Å². The molecule has 7 heteroatoms. The van der Waals surface area contributed by atoms with Crippen LogP contribution in [0.15, 0.2) is 55.0 Å². The number of hydrogen-bond donors (Lipinski definition) is 1. The van der Waals surface area contributed by atoms with Gasteiger partial charge < -0.3 is 14.4 Å². The number of ether oxygens (including phenoxy) is 2. The van der Waals surface area contributed by atoms with Crippen LogP contribution in [0, 0.1) is 0 Å². The van der Waals surface area contributed by atoms with Gasteiger partial charge >= 0.3 is 0 Å². The lowest BCUT2D eigenvalue weighted by molar-refractivity contribution is 0.0975. The van der Waals surface area contributed by atoms with E-state index in [2.05, 4.69) is 27.0 Å². The van der Waals surface area contributed by atoms with E-state index in [1.165, 1.54) is 0 Å². The fraction of sp³-hybridized carbons (Fsp3) is 0.400. The van der Waals surface area contributed by atoms with Gasteiger partial charge in [-0.25, -0.2) is 4.98 Å². The lowest BCUT2D eigenvalue weighted by Gasteiger charge is -2.20. The third-order valence-corrected chi connectivity index (χ3v) is 5.65. The van der Waals surface area contributed by atoms with E-state index in [4.69, 9.17) is 9.47 Å². The summed E-state index contributed by atoms with van der Waals surface area (Å²) in [5, 5.41) is 6.54. The molecule has 0 bridgehead atoms. The number of aromatic amines is 1. The van der Waals surface area contributed by atoms with E-state index in [9.17, 15) is 4.79 Å². The monoisotopic (exact) mass is 434 g/mol. The summed E-state index contributed by atoms with van der Waals surface area (Å²) in [5.74, 6) is 1.73. The van der Waals surface area contributed by atoms with Gasteiger partial charge in [-0.3, -0.25) is 9.89 Å². The molecule has 1 N–H and O–H groups in total. The summed E-state index contributed by atoms with van der Waals surface area (Å²) in [5.41, 5.74) is 2.85. The molecule has 0 saturated carbocycles. The summed E-state index contributed by atoms with van der Waals surface area (Å²) < 4.78 is 11.9. The van der Waals surface area contributed by atoms with Crippen molar-refractivity contribution >= 4 is 11.5 Å². The van der Waals surface area contributed by atoms with Crippen molar-refractivity contribution in [1.82, 2.24) is 15.2 Å². The number of pyridine rings is 1. The summed E-state index contributed by atoms with van der Waals surface area (Å²) in [4.78, 5) is 18.9. The lowest BCUT2D eigenvalue weighted by atomic mass is 9.94. The van der Waals surface area contributed by atoms with E-state index in [1.54, 1.807) is 18.6 Å². The molecule has 1 fully saturated rings. The molecule has 7 nitrogen and oxygen atoms in total. The summed E-state index contributed by atoms with van der Waals surface area (Å²) in [6.45, 7) is 7.81. The molecule has 168 valence electrons. The van der Waals surface area contributed by atoms with Crippen LogP contribution in [0.1, 0.15) is 55.5 Å². The lowest BCUT2D eigenvalue weighted by Crippen LogP contribution is -2.24. The van der Waals surface area contributed by atoms with Gasteiger partial charge in [0.2, 0.25) is 5.88 Å². The molecule has 32 heavy (non-hydrogen) atoms. The molecule has 3 aromatic rings. The van der Waals surface area contributed by atoms with E-state index < -0.39 is 0 Å². The van der Waals surface area contributed by atoms with Gasteiger partial charge in [-0.05, 0) is 43.5 Å². The smallest absolute Gasteiger partial charge is 0.215 e. The number of carbonyl (C=O) groups is 1. The zero-order valence-electron chi connectivity index (χ0n) is 18.8. The van der Waals surface area contributed by atoms with Crippen LogP contribution in [-0.2, 0) is 0 Å². The Balaban J connectivity index is 1.31. The molecule has 4 rings (SSSR count). The number of aromatic nitrogens is 3. The van der Waals surface area contributed by atoms with E-state index in [-0.39, 0.29) is 23.9 Å². The molecule has 1 aliphatic rings. The number of anilines is 1. The maximum absolute atomic E-state index is 12.3. The molecule has 0 spiro atoms. The molecule has 2 aromatic heterocycles. The highest BCUT2D eigenvalue weighted by atomic mass is 16.5. The quantitative estimate of drug-likeness (QED) is 0.495. The molecule has 0 radical (unpaired) electrons. The number of hydrogen-bond acceptors (Lipinski definition) is 6. The van der Waals surface area contributed by atoms with Crippen LogP contribution in [0.2, 0.25) is 0 Å². The Kier molecular flexibility index (Phi) is 6.73.